The molecule has 0 bridgehead atoms. The highest BCUT2D eigenvalue weighted by Gasteiger charge is 2.33. The van der Waals surface area contributed by atoms with Crippen LogP contribution >= 0.6 is 21.6 Å². The number of carbonyl (C=O) groups is 2. The molecule has 0 radical (unpaired) electrons. The van der Waals surface area contributed by atoms with E-state index in [9.17, 15) is 26.4 Å². The summed E-state index contributed by atoms with van der Waals surface area (Å²) in [5.41, 5.74) is 5.25. The molecule has 62 heavy (non-hydrogen) atoms. The second kappa shape index (κ2) is 22.2. The van der Waals surface area contributed by atoms with Gasteiger partial charge in [0.15, 0.2) is 0 Å². The van der Waals surface area contributed by atoms with E-state index >= 15 is 0 Å². The fraction of sp³-hybridized carbons (Fsp3) is 0.208. The Labute approximate surface area is 373 Å². The maximum atomic E-state index is 14.7. The summed E-state index contributed by atoms with van der Waals surface area (Å²) in [5, 5.41) is 0. The van der Waals surface area contributed by atoms with Crippen molar-refractivity contribution < 1.29 is 26.4 Å². The van der Waals surface area contributed by atoms with Crippen LogP contribution in [0, 0.1) is 13.8 Å². The molecule has 0 fully saturated rings. The van der Waals surface area contributed by atoms with E-state index in [1.54, 1.807) is 34.1 Å². The number of nitrogens with zero attached hydrogens (tertiary/aromatic N) is 2. The smallest absolute Gasteiger partial charge is 0.242 e. The number of nitrogens with one attached hydrogen (secondary N) is 2. The van der Waals surface area contributed by atoms with Gasteiger partial charge in [0.1, 0.15) is 12.1 Å². The SMILES string of the molecule is Cc1ccc(S(=O)(=O)NC(CSSC[C@H](NS(=O)(=O)c2ccc(C)cc2)C(=O)N(Cc2ccccc2)Cc2ccccc2)C(=O)N(Cc2ccccc2)Cc2ccccc2)cc1. The quantitative estimate of drug-likeness (QED) is 0.0547. The minimum absolute atomic E-state index is 0.0179. The van der Waals surface area contributed by atoms with Crippen LogP contribution in [0.15, 0.2) is 180 Å². The summed E-state index contributed by atoms with van der Waals surface area (Å²) in [6.07, 6.45) is 0. The highest BCUT2D eigenvalue weighted by atomic mass is 33.1. The molecule has 0 aromatic heterocycles. The van der Waals surface area contributed by atoms with Gasteiger partial charge in [0.2, 0.25) is 31.9 Å². The number of sulfonamides is 2. The number of amides is 2. The molecule has 0 aliphatic rings. The minimum atomic E-state index is -4.17. The fourth-order valence-electron chi connectivity index (χ4n) is 6.57. The summed E-state index contributed by atoms with van der Waals surface area (Å²) in [4.78, 5) is 32.7. The Bertz CT molecular complexity index is 2300. The van der Waals surface area contributed by atoms with Crippen LogP contribution in [0.4, 0.5) is 0 Å². The monoisotopic (exact) mass is 906 g/mol. The van der Waals surface area contributed by atoms with E-state index in [1.165, 1.54) is 45.9 Å². The van der Waals surface area contributed by atoms with E-state index in [2.05, 4.69) is 9.44 Å². The molecule has 0 aliphatic heterocycles. The third kappa shape index (κ3) is 13.6. The van der Waals surface area contributed by atoms with Gasteiger partial charge in [0.25, 0.3) is 0 Å². The molecular weight excluding hydrogens is 857 g/mol. The van der Waals surface area contributed by atoms with Gasteiger partial charge in [0, 0.05) is 37.7 Å². The number of benzene rings is 6. The molecule has 0 saturated carbocycles. The third-order valence-electron chi connectivity index (χ3n) is 9.89. The Balaban J connectivity index is 1.28. The molecular formula is C48H50N4O6S4. The van der Waals surface area contributed by atoms with Crippen LogP contribution in [0.25, 0.3) is 0 Å². The number of rotatable bonds is 21. The van der Waals surface area contributed by atoms with Crippen LogP contribution < -0.4 is 9.44 Å². The molecule has 14 heteroatoms. The van der Waals surface area contributed by atoms with E-state index in [1.807, 2.05) is 135 Å². The van der Waals surface area contributed by atoms with E-state index < -0.39 is 43.9 Å². The maximum Gasteiger partial charge on any atom is 0.242 e. The molecule has 0 spiro atoms. The lowest BCUT2D eigenvalue weighted by Crippen LogP contribution is -2.50. The first-order valence-corrected chi connectivity index (χ1v) is 25.5. The number of hydrogen-bond donors (Lipinski definition) is 2. The Morgan fingerprint density at radius 2 is 0.694 bits per heavy atom. The van der Waals surface area contributed by atoms with Crippen LogP contribution in [0.1, 0.15) is 33.4 Å². The molecule has 2 atom stereocenters. The fourth-order valence-corrected chi connectivity index (χ4v) is 11.5. The Hall–Kier alpha value is -5.22. The summed E-state index contributed by atoms with van der Waals surface area (Å²) in [5.74, 6) is -0.937. The van der Waals surface area contributed by atoms with E-state index in [4.69, 9.17) is 0 Å². The standard InChI is InChI=1S/C48H50N4O6S4/c1-37-23-27-43(28-24-37)61(55,56)49-45(47(53)51(31-39-15-7-3-8-16-39)32-40-17-9-4-10-18-40)35-59-60-36-46(50-62(57,58)44-29-25-38(2)26-30-44)48(54)52(33-41-19-11-5-12-20-41)34-42-21-13-6-14-22-42/h3-30,45-46,49-50H,31-36H2,1-2H3/t45-,46?/m0/s1. The molecule has 6 aromatic carbocycles. The molecule has 0 heterocycles. The lowest BCUT2D eigenvalue weighted by molar-refractivity contribution is -0.134. The van der Waals surface area contributed by atoms with Gasteiger partial charge in [-0.15, -0.1) is 0 Å². The van der Waals surface area contributed by atoms with E-state index in [-0.39, 0.29) is 47.5 Å². The van der Waals surface area contributed by atoms with Crippen molar-refractivity contribution in [3.63, 3.8) is 0 Å². The molecule has 2 N–H and O–H groups in total. The predicted octanol–water partition coefficient (Wildman–Crippen LogP) is 8.14. The summed E-state index contributed by atoms with van der Waals surface area (Å²) in [6, 6.07) is 48.3. The maximum absolute atomic E-state index is 14.7. The first kappa shape index (κ1) is 46.3. The summed E-state index contributed by atoms with van der Waals surface area (Å²) < 4.78 is 60.9. The molecule has 0 aliphatic carbocycles. The van der Waals surface area contributed by atoms with Crippen molar-refractivity contribution in [3.05, 3.63) is 203 Å². The number of carbonyl (C=O) groups excluding carboxylic acids is 2. The highest BCUT2D eigenvalue weighted by molar-refractivity contribution is 8.76. The Morgan fingerprint density at radius 1 is 0.435 bits per heavy atom. The topological polar surface area (TPSA) is 133 Å². The zero-order valence-electron chi connectivity index (χ0n) is 34.5. The molecule has 2 amide bonds. The summed E-state index contributed by atoms with van der Waals surface area (Å²) in [6.45, 7) is 4.62. The Morgan fingerprint density at radius 3 is 0.952 bits per heavy atom. The zero-order chi connectivity index (χ0) is 44.0. The van der Waals surface area contributed by atoms with Crippen molar-refractivity contribution in [2.75, 3.05) is 11.5 Å². The van der Waals surface area contributed by atoms with E-state index in [0.29, 0.717) is 0 Å². The van der Waals surface area contributed by atoms with Gasteiger partial charge in [-0.2, -0.15) is 9.44 Å². The average molecular weight is 907 g/mol. The van der Waals surface area contributed by atoms with E-state index in [0.717, 1.165) is 33.4 Å². The van der Waals surface area contributed by atoms with Crippen molar-refractivity contribution in [3.8, 4) is 0 Å². The summed E-state index contributed by atoms with van der Waals surface area (Å²) in [7, 11) is -5.97. The van der Waals surface area contributed by atoms with Gasteiger partial charge in [0.05, 0.1) is 9.79 Å². The lowest BCUT2D eigenvalue weighted by Gasteiger charge is -2.29. The third-order valence-corrected chi connectivity index (χ3v) is 15.3. The first-order valence-electron chi connectivity index (χ1n) is 20.0. The van der Waals surface area contributed by atoms with Gasteiger partial charge in [-0.05, 0) is 60.4 Å². The second-order valence-electron chi connectivity index (χ2n) is 14.9. The van der Waals surface area contributed by atoms with Gasteiger partial charge in [-0.3, -0.25) is 9.59 Å². The van der Waals surface area contributed by atoms with Crippen LogP contribution in [-0.4, -0.2) is 62.0 Å². The first-order chi connectivity index (χ1) is 29.9. The van der Waals surface area contributed by atoms with Crippen LogP contribution in [0.2, 0.25) is 0 Å². The summed E-state index contributed by atoms with van der Waals surface area (Å²) >= 11 is 0. The Kier molecular flexibility index (Phi) is 16.6. The molecule has 0 saturated heterocycles. The van der Waals surface area contributed by atoms with Crippen molar-refractivity contribution in [1.82, 2.24) is 19.2 Å². The average Bonchev–Trinajstić information content (AvgIpc) is 3.27. The van der Waals surface area contributed by atoms with Gasteiger partial charge < -0.3 is 9.80 Å². The van der Waals surface area contributed by atoms with Gasteiger partial charge >= 0.3 is 0 Å². The van der Waals surface area contributed by atoms with Crippen molar-refractivity contribution >= 4 is 53.4 Å². The highest BCUT2D eigenvalue weighted by Crippen LogP contribution is 2.27. The van der Waals surface area contributed by atoms with Crippen molar-refractivity contribution in [2.45, 2.75) is 61.9 Å². The normalized spacial score (nSPS) is 12.6. The van der Waals surface area contributed by atoms with Crippen LogP contribution in [0.5, 0.6) is 0 Å². The van der Waals surface area contributed by atoms with Crippen molar-refractivity contribution in [1.29, 1.82) is 0 Å². The van der Waals surface area contributed by atoms with Crippen LogP contribution in [0.3, 0.4) is 0 Å². The molecule has 10 nitrogen and oxygen atoms in total. The second-order valence-corrected chi connectivity index (χ2v) is 20.9. The lowest BCUT2D eigenvalue weighted by atomic mass is 10.1. The number of aryl methyl sites for hydroxylation is 2. The largest absolute Gasteiger partial charge is 0.333 e. The van der Waals surface area contributed by atoms with Gasteiger partial charge in [-0.1, -0.05) is 178 Å². The zero-order valence-corrected chi connectivity index (χ0v) is 37.8. The minimum Gasteiger partial charge on any atom is -0.333 e. The number of hydrogen-bond acceptors (Lipinski definition) is 8. The van der Waals surface area contributed by atoms with Crippen LogP contribution in [-0.2, 0) is 55.8 Å². The molecule has 6 aromatic rings. The van der Waals surface area contributed by atoms with Crippen molar-refractivity contribution in [2.24, 2.45) is 0 Å². The molecule has 1 unspecified atom stereocenters. The molecule has 322 valence electrons. The molecule has 6 rings (SSSR count). The predicted molar refractivity (Wildman–Crippen MR) is 250 cm³/mol. The van der Waals surface area contributed by atoms with Gasteiger partial charge in [-0.25, -0.2) is 16.8 Å².